The summed E-state index contributed by atoms with van der Waals surface area (Å²) in [5.74, 6) is -0.621. The molecule has 0 fully saturated rings. The molecule has 5 aromatic rings. The van der Waals surface area contributed by atoms with Crippen LogP contribution in [0.5, 0.6) is 5.75 Å². The molecule has 1 amide bonds. The zero-order valence-corrected chi connectivity index (χ0v) is 21.9. The highest BCUT2D eigenvalue weighted by atomic mass is 16.6. The Hall–Kier alpha value is -5.50. The number of aryl methyl sites for hydroxylation is 2. The van der Waals surface area contributed by atoms with Gasteiger partial charge in [0.25, 0.3) is 11.6 Å². The minimum Gasteiger partial charge on any atom is -0.506 e. The van der Waals surface area contributed by atoms with Crippen LogP contribution in [0.25, 0.3) is 10.8 Å². The van der Waals surface area contributed by atoms with E-state index in [0.717, 1.165) is 21.9 Å². The maximum Gasteiger partial charge on any atom is 0.292 e. The molecular formula is C32H26N4O4. The number of aromatic hydroxyl groups is 1. The Morgan fingerprint density at radius 1 is 0.900 bits per heavy atom. The number of rotatable bonds is 7. The second-order valence-electron chi connectivity index (χ2n) is 9.39. The van der Waals surface area contributed by atoms with Crippen molar-refractivity contribution in [2.45, 2.75) is 13.8 Å². The number of fused-ring (bicyclic) bond motifs is 1. The first-order valence-corrected chi connectivity index (χ1v) is 12.6. The Bertz CT molecular complexity index is 1780. The number of amides is 1. The van der Waals surface area contributed by atoms with Crippen LogP contribution in [0.15, 0.2) is 102 Å². The molecule has 8 heteroatoms. The molecule has 198 valence electrons. The van der Waals surface area contributed by atoms with Gasteiger partial charge in [0, 0.05) is 29.2 Å². The van der Waals surface area contributed by atoms with E-state index in [9.17, 15) is 20.0 Å². The average molecular weight is 531 g/mol. The van der Waals surface area contributed by atoms with Crippen LogP contribution in [0.4, 0.5) is 28.4 Å². The van der Waals surface area contributed by atoms with Crippen LogP contribution >= 0.6 is 0 Å². The smallest absolute Gasteiger partial charge is 0.292 e. The van der Waals surface area contributed by atoms with E-state index in [1.54, 1.807) is 43.3 Å². The van der Waals surface area contributed by atoms with Gasteiger partial charge in [-0.25, -0.2) is 0 Å². The first-order chi connectivity index (χ1) is 19.3. The molecule has 0 saturated heterocycles. The SMILES string of the molecule is Cc1ccc(Nc2ccc(C)c(N=Cc3c(O)c(C(=O)Nc4ccccc4)cc4ccccc34)c2)c([N+](=O)[O-])c1. The summed E-state index contributed by atoms with van der Waals surface area (Å²) in [5.41, 5.74) is 4.37. The van der Waals surface area contributed by atoms with Gasteiger partial charge in [-0.1, -0.05) is 54.6 Å². The van der Waals surface area contributed by atoms with Crippen LogP contribution in [0.3, 0.4) is 0 Å². The zero-order valence-electron chi connectivity index (χ0n) is 21.9. The van der Waals surface area contributed by atoms with Gasteiger partial charge in [0.1, 0.15) is 11.4 Å². The standard InChI is InChI=1S/C32H26N4O4/c1-20-12-15-28(30(16-20)36(39)40)34-24-14-13-21(2)29(18-24)33-19-27-25-11-7-6-8-22(25)17-26(31(27)37)32(38)35-23-9-4-3-5-10-23/h3-19,34,37H,1-2H3,(H,35,38). The van der Waals surface area contributed by atoms with Gasteiger partial charge in [-0.2, -0.15) is 0 Å². The van der Waals surface area contributed by atoms with E-state index in [0.29, 0.717) is 28.3 Å². The van der Waals surface area contributed by atoms with E-state index in [1.165, 1.54) is 12.3 Å². The largest absolute Gasteiger partial charge is 0.506 e. The number of phenols is 1. The third kappa shape index (κ3) is 5.51. The molecular weight excluding hydrogens is 504 g/mol. The highest BCUT2D eigenvalue weighted by molar-refractivity contribution is 6.13. The molecule has 0 aliphatic heterocycles. The minimum absolute atomic E-state index is 0.0207. The van der Waals surface area contributed by atoms with Crippen LogP contribution in [-0.4, -0.2) is 22.2 Å². The summed E-state index contributed by atoms with van der Waals surface area (Å²) in [4.78, 5) is 28.9. The third-order valence-corrected chi connectivity index (χ3v) is 6.51. The number of nitrogens with one attached hydrogen (secondary N) is 2. The van der Waals surface area contributed by atoms with Crippen LogP contribution in [-0.2, 0) is 0 Å². The fourth-order valence-electron chi connectivity index (χ4n) is 4.40. The van der Waals surface area contributed by atoms with E-state index < -0.39 is 10.8 Å². The van der Waals surface area contributed by atoms with E-state index in [4.69, 9.17) is 0 Å². The molecule has 0 bridgehead atoms. The molecule has 0 heterocycles. The first-order valence-electron chi connectivity index (χ1n) is 12.6. The average Bonchev–Trinajstić information content (AvgIpc) is 2.95. The minimum atomic E-state index is -0.439. The summed E-state index contributed by atoms with van der Waals surface area (Å²) in [6.07, 6.45) is 1.54. The fraction of sp³-hybridized carbons (Fsp3) is 0.0625. The topological polar surface area (TPSA) is 117 Å². The number of carbonyl (C=O) groups is 1. The molecule has 0 aliphatic rings. The predicted octanol–water partition coefficient (Wildman–Crippen LogP) is 7.82. The number of anilines is 3. The Morgan fingerprint density at radius 3 is 2.42 bits per heavy atom. The summed E-state index contributed by atoms with van der Waals surface area (Å²) in [6.45, 7) is 3.70. The number of benzene rings is 5. The summed E-state index contributed by atoms with van der Waals surface area (Å²) >= 11 is 0. The number of nitro groups is 1. The van der Waals surface area contributed by atoms with Gasteiger partial charge in [0.2, 0.25) is 0 Å². The Labute approximate surface area is 230 Å². The van der Waals surface area contributed by atoms with E-state index >= 15 is 0 Å². The number of nitro benzene ring substituents is 1. The van der Waals surface area contributed by atoms with Gasteiger partial charge in [-0.05, 0) is 72.1 Å². The van der Waals surface area contributed by atoms with E-state index in [1.807, 2.05) is 61.5 Å². The second-order valence-corrected chi connectivity index (χ2v) is 9.39. The predicted molar refractivity (Wildman–Crippen MR) is 160 cm³/mol. The molecule has 0 atom stereocenters. The third-order valence-electron chi connectivity index (χ3n) is 6.51. The number of para-hydroxylation sites is 1. The van der Waals surface area contributed by atoms with Crippen molar-refractivity contribution in [3.63, 3.8) is 0 Å². The van der Waals surface area contributed by atoms with Crippen LogP contribution < -0.4 is 10.6 Å². The Balaban J connectivity index is 1.51. The normalized spacial score (nSPS) is 11.1. The maximum atomic E-state index is 13.1. The summed E-state index contributed by atoms with van der Waals surface area (Å²) in [6, 6.07) is 28.6. The van der Waals surface area contributed by atoms with Crippen LogP contribution in [0.2, 0.25) is 0 Å². The monoisotopic (exact) mass is 530 g/mol. The molecule has 0 saturated carbocycles. The molecule has 0 aliphatic carbocycles. The lowest BCUT2D eigenvalue weighted by molar-refractivity contribution is -0.384. The first kappa shape index (κ1) is 26.1. The van der Waals surface area contributed by atoms with Crippen LogP contribution in [0.1, 0.15) is 27.0 Å². The highest BCUT2D eigenvalue weighted by Crippen LogP contribution is 2.33. The Morgan fingerprint density at radius 2 is 1.65 bits per heavy atom. The quantitative estimate of drug-likeness (QED) is 0.113. The van der Waals surface area contributed by atoms with Gasteiger partial charge in [-0.15, -0.1) is 0 Å². The van der Waals surface area contributed by atoms with Crippen molar-refractivity contribution in [2.24, 2.45) is 4.99 Å². The lowest BCUT2D eigenvalue weighted by atomic mass is 9.99. The van der Waals surface area contributed by atoms with Gasteiger partial charge in [-0.3, -0.25) is 19.9 Å². The van der Waals surface area contributed by atoms with Crippen molar-refractivity contribution in [1.82, 2.24) is 0 Å². The lowest BCUT2D eigenvalue weighted by Gasteiger charge is -2.12. The molecule has 0 unspecified atom stereocenters. The van der Waals surface area contributed by atoms with Crippen molar-refractivity contribution >= 4 is 51.3 Å². The molecule has 5 rings (SSSR count). The van der Waals surface area contributed by atoms with Crippen molar-refractivity contribution in [1.29, 1.82) is 0 Å². The number of carbonyl (C=O) groups excluding carboxylic acids is 1. The summed E-state index contributed by atoms with van der Waals surface area (Å²) in [5, 5.41) is 30.2. The number of nitrogens with zero attached hydrogens (tertiary/aromatic N) is 2. The number of hydrogen-bond donors (Lipinski definition) is 3. The molecule has 0 aromatic heterocycles. The van der Waals surface area contributed by atoms with E-state index in [-0.39, 0.29) is 17.0 Å². The molecule has 3 N–H and O–H groups in total. The summed E-state index contributed by atoms with van der Waals surface area (Å²) in [7, 11) is 0. The van der Waals surface area contributed by atoms with Crippen molar-refractivity contribution in [2.75, 3.05) is 10.6 Å². The second kappa shape index (κ2) is 11.1. The lowest BCUT2D eigenvalue weighted by Crippen LogP contribution is -2.12. The van der Waals surface area contributed by atoms with Gasteiger partial charge >= 0.3 is 0 Å². The van der Waals surface area contributed by atoms with E-state index in [2.05, 4.69) is 15.6 Å². The molecule has 5 aromatic carbocycles. The highest BCUT2D eigenvalue weighted by Gasteiger charge is 2.18. The Kier molecular flexibility index (Phi) is 7.24. The van der Waals surface area contributed by atoms with Crippen molar-refractivity contribution in [3.8, 4) is 5.75 Å². The fourth-order valence-corrected chi connectivity index (χ4v) is 4.40. The summed E-state index contributed by atoms with van der Waals surface area (Å²) < 4.78 is 0. The van der Waals surface area contributed by atoms with Gasteiger partial charge in [0.05, 0.1) is 16.2 Å². The van der Waals surface area contributed by atoms with Gasteiger partial charge < -0.3 is 15.7 Å². The molecule has 8 nitrogen and oxygen atoms in total. The maximum absolute atomic E-state index is 13.1. The number of hydrogen-bond acceptors (Lipinski definition) is 6. The van der Waals surface area contributed by atoms with Crippen LogP contribution in [0, 0.1) is 24.0 Å². The van der Waals surface area contributed by atoms with Gasteiger partial charge in [0.15, 0.2) is 0 Å². The van der Waals surface area contributed by atoms with Crippen molar-refractivity contribution in [3.05, 3.63) is 129 Å². The molecule has 0 radical (unpaired) electrons. The van der Waals surface area contributed by atoms with Crippen molar-refractivity contribution < 1.29 is 14.8 Å². The molecule has 40 heavy (non-hydrogen) atoms. The molecule has 0 spiro atoms. The zero-order chi connectivity index (χ0) is 28.2. The number of aliphatic imine (C=N–C) groups is 1. The number of phenolic OH excluding ortho intramolecular Hbond substituents is 1.